The lowest BCUT2D eigenvalue weighted by molar-refractivity contribution is -0.112. The maximum Gasteiger partial charge on any atom is 0.267 e. The summed E-state index contributed by atoms with van der Waals surface area (Å²) in [4.78, 5) is 12.1. The van der Waals surface area contributed by atoms with Gasteiger partial charge < -0.3 is 21.5 Å². The topological polar surface area (TPSA) is 111 Å². The second-order valence-electron chi connectivity index (χ2n) is 4.91. The molecular weight excluding hydrogens is 292 g/mol. The van der Waals surface area contributed by atoms with Gasteiger partial charge in [-0.25, -0.2) is 0 Å². The van der Waals surface area contributed by atoms with E-state index in [0.29, 0.717) is 17.1 Å². The van der Waals surface area contributed by atoms with Crippen LogP contribution in [0.3, 0.4) is 0 Å². The molecule has 2 aromatic carbocycles. The van der Waals surface area contributed by atoms with Gasteiger partial charge in [0, 0.05) is 17.6 Å². The first-order chi connectivity index (χ1) is 11.0. The van der Waals surface area contributed by atoms with Crippen molar-refractivity contribution in [2.45, 2.75) is 6.92 Å². The predicted molar refractivity (Wildman–Crippen MR) is 89.6 cm³/mol. The molecule has 116 valence electrons. The van der Waals surface area contributed by atoms with Crippen LogP contribution in [0.1, 0.15) is 5.56 Å². The highest BCUT2D eigenvalue weighted by atomic mass is 16.3. The van der Waals surface area contributed by atoms with Crippen molar-refractivity contribution in [3.05, 3.63) is 59.8 Å². The number of rotatable bonds is 4. The molecule has 0 aliphatic rings. The summed E-state index contributed by atoms with van der Waals surface area (Å²) in [5.41, 5.74) is 7.86. The molecule has 0 radical (unpaired) electrons. The van der Waals surface area contributed by atoms with Crippen LogP contribution in [-0.4, -0.2) is 11.0 Å². The van der Waals surface area contributed by atoms with E-state index in [0.717, 1.165) is 5.56 Å². The summed E-state index contributed by atoms with van der Waals surface area (Å²) in [6.45, 7) is 1.85. The van der Waals surface area contributed by atoms with Crippen LogP contribution < -0.4 is 16.4 Å². The fourth-order valence-corrected chi connectivity index (χ4v) is 1.83. The van der Waals surface area contributed by atoms with Gasteiger partial charge in [0.15, 0.2) is 0 Å². The van der Waals surface area contributed by atoms with Gasteiger partial charge in [-0.15, -0.1) is 0 Å². The van der Waals surface area contributed by atoms with Gasteiger partial charge in [-0.1, -0.05) is 6.07 Å². The minimum absolute atomic E-state index is 0.0393. The SMILES string of the molecule is Cc1ccc(N/C=C(/C#N)C(=O)Nc2ccc(N)cc2)c(O)c1. The summed E-state index contributed by atoms with van der Waals surface area (Å²) in [5, 5.41) is 24.2. The number of phenolic OH excluding ortho intramolecular Hbond substituents is 1. The quantitative estimate of drug-likeness (QED) is 0.300. The highest BCUT2D eigenvalue weighted by Crippen LogP contribution is 2.24. The molecule has 0 spiro atoms. The Balaban J connectivity index is 2.10. The summed E-state index contributed by atoms with van der Waals surface area (Å²) in [7, 11) is 0. The first-order valence-corrected chi connectivity index (χ1v) is 6.83. The van der Waals surface area contributed by atoms with Gasteiger partial charge in [0.25, 0.3) is 5.91 Å². The molecule has 0 heterocycles. The van der Waals surface area contributed by atoms with Crippen molar-refractivity contribution in [2.24, 2.45) is 0 Å². The Hall–Kier alpha value is -3.46. The van der Waals surface area contributed by atoms with Crippen LogP contribution in [0.5, 0.6) is 5.75 Å². The number of hydrogen-bond acceptors (Lipinski definition) is 5. The molecule has 2 rings (SSSR count). The zero-order valence-corrected chi connectivity index (χ0v) is 12.5. The first-order valence-electron chi connectivity index (χ1n) is 6.83. The van der Waals surface area contributed by atoms with Crippen molar-refractivity contribution in [3.8, 4) is 11.8 Å². The standard InChI is InChI=1S/C17H16N4O2/c1-11-2-7-15(16(22)8-11)20-10-12(9-18)17(23)21-14-5-3-13(19)4-6-14/h2-8,10,20,22H,19H2,1H3,(H,21,23)/b12-10-. The number of nitrogens with two attached hydrogens (primary N) is 1. The van der Waals surface area contributed by atoms with Gasteiger partial charge in [-0.2, -0.15) is 5.26 Å². The lowest BCUT2D eigenvalue weighted by Gasteiger charge is -2.07. The van der Waals surface area contributed by atoms with E-state index in [1.807, 2.05) is 13.0 Å². The zero-order valence-electron chi connectivity index (χ0n) is 12.5. The van der Waals surface area contributed by atoms with Gasteiger partial charge in [-0.3, -0.25) is 4.79 Å². The number of carbonyl (C=O) groups is 1. The minimum atomic E-state index is -0.559. The van der Waals surface area contributed by atoms with Gasteiger partial charge in [-0.05, 0) is 48.9 Å². The highest BCUT2D eigenvalue weighted by Gasteiger charge is 2.09. The maximum absolute atomic E-state index is 12.1. The summed E-state index contributed by atoms with van der Waals surface area (Å²) < 4.78 is 0. The van der Waals surface area contributed by atoms with Crippen LogP contribution >= 0.6 is 0 Å². The van der Waals surface area contributed by atoms with Crippen LogP contribution in [-0.2, 0) is 4.79 Å². The van der Waals surface area contributed by atoms with Crippen molar-refractivity contribution >= 4 is 23.0 Å². The summed E-state index contributed by atoms with van der Waals surface area (Å²) >= 11 is 0. The average Bonchev–Trinajstić information content (AvgIpc) is 2.52. The van der Waals surface area contributed by atoms with Crippen molar-refractivity contribution in [1.82, 2.24) is 0 Å². The molecule has 0 saturated heterocycles. The number of aryl methyl sites for hydroxylation is 1. The van der Waals surface area contributed by atoms with Crippen molar-refractivity contribution in [3.63, 3.8) is 0 Å². The Kier molecular flexibility index (Phi) is 4.85. The number of benzene rings is 2. The maximum atomic E-state index is 12.1. The summed E-state index contributed by atoms with van der Waals surface area (Å²) in [5.74, 6) is -0.520. The van der Waals surface area contributed by atoms with Gasteiger partial charge in [0.05, 0.1) is 5.69 Å². The molecule has 0 unspecified atom stereocenters. The second kappa shape index (κ2) is 7.00. The van der Waals surface area contributed by atoms with Crippen LogP contribution in [0, 0.1) is 18.3 Å². The molecule has 0 atom stereocenters. The number of phenols is 1. The van der Waals surface area contributed by atoms with E-state index < -0.39 is 5.91 Å². The van der Waals surface area contributed by atoms with E-state index in [1.165, 1.54) is 6.20 Å². The van der Waals surface area contributed by atoms with Crippen LogP contribution in [0.25, 0.3) is 0 Å². The largest absolute Gasteiger partial charge is 0.506 e. The lowest BCUT2D eigenvalue weighted by Crippen LogP contribution is -2.14. The first kappa shape index (κ1) is 15.9. The fraction of sp³-hybridized carbons (Fsp3) is 0.0588. The number of hydrogen-bond donors (Lipinski definition) is 4. The molecule has 0 bridgehead atoms. The smallest absolute Gasteiger partial charge is 0.267 e. The van der Waals surface area contributed by atoms with E-state index >= 15 is 0 Å². The molecule has 0 fully saturated rings. The number of nitriles is 1. The molecule has 2 aromatic rings. The monoisotopic (exact) mass is 308 g/mol. The number of anilines is 3. The molecule has 0 aliphatic heterocycles. The van der Waals surface area contributed by atoms with E-state index in [9.17, 15) is 9.90 Å². The number of amides is 1. The third-order valence-corrected chi connectivity index (χ3v) is 3.06. The Morgan fingerprint density at radius 2 is 1.96 bits per heavy atom. The van der Waals surface area contributed by atoms with E-state index in [1.54, 1.807) is 42.5 Å². The number of nitrogens with zero attached hydrogens (tertiary/aromatic N) is 1. The molecular formula is C17H16N4O2. The molecule has 0 aliphatic carbocycles. The Morgan fingerprint density at radius 1 is 1.26 bits per heavy atom. The molecule has 1 amide bonds. The van der Waals surface area contributed by atoms with E-state index in [-0.39, 0.29) is 11.3 Å². The normalized spacial score (nSPS) is 10.7. The minimum Gasteiger partial charge on any atom is -0.506 e. The number of carbonyl (C=O) groups excluding carboxylic acids is 1. The predicted octanol–water partition coefficient (Wildman–Crippen LogP) is 2.74. The molecule has 6 nitrogen and oxygen atoms in total. The Morgan fingerprint density at radius 3 is 2.57 bits per heavy atom. The van der Waals surface area contributed by atoms with Crippen molar-refractivity contribution < 1.29 is 9.90 Å². The van der Waals surface area contributed by atoms with Crippen LogP contribution in [0.2, 0.25) is 0 Å². The zero-order chi connectivity index (χ0) is 16.8. The molecule has 5 N–H and O–H groups in total. The number of nitrogen functional groups attached to an aromatic ring is 1. The third-order valence-electron chi connectivity index (χ3n) is 3.06. The lowest BCUT2D eigenvalue weighted by atomic mass is 10.2. The second-order valence-corrected chi connectivity index (χ2v) is 4.91. The Bertz CT molecular complexity index is 789. The summed E-state index contributed by atoms with van der Waals surface area (Å²) in [6.07, 6.45) is 1.25. The number of aromatic hydroxyl groups is 1. The summed E-state index contributed by atoms with van der Waals surface area (Å²) in [6, 6.07) is 13.4. The molecule has 0 aromatic heterocycles. The highest BCUT2D eigenvalue weighted by molar-refractivity contribution is 6.06. The van der Waals surface area contributed by atoms with Gasteiger partial charge in [0.1, 0.15) is 17.4 Å². The van der Waals surface area contributed by atoms with Crippen molar-refractivity contribution in [2.75, 3.05) is 16.4 Å². The van der Waals surface area contributed by atoms with E-state index in [4.69, 9.17) is 11.0 Å². The third kappa shape index (κ3) is 4.25. The molecule has 6 heteroatoms. The average molecular weight is 308 g/mol. The Labute approximate surface area is 133 Å². The van der Waals surface area contributed by atoms with E-state index in [2.05, 4.69) is 10.6 Å². The fourth-order valence-electron chi connectivity index (χ4n) is 1.83. The molecule has 23 heavy (non-hydrogen) atoms. The number of nitrogens with one attached hydrogen (secondary N) is 2. The molecule has 0 saturated carbocycles. The van der Waals surface area contributed by atoms with Crippen LogP contribution in [0.15, 0.2) is 54.2 Å². The van der Waals surface area contributed by atoms with Crippen LogP contribution in [0.4, 0.5) is 17.1 Å². The van der Waals surface area contributed by atoms with Gasteiger partial charge >= 0.3 is 0 Å². The van der Waals surface area contributed by atoms with Crippen molar-refractivity contribution in [1.29, 1.82) is 5.26 Å². The van der Waals surface area contributed by atoms with Gasteiger partial charge in [0.2, 0.25) is 0 Å².